The molecular formula is C86H168O17P2. The molecule has 0 aliphatic heterocycles. The number of unbranched alkanes of at least 4 members (excludes halogenated alkanes) is 58. The maximum atomic E-state index is 13.1. The quantitative estimate of drug-likeness (QED) is 0.0222. The lowest BCUT2D eigenvalue weighted by Crippen LogP contribution is -2.30. The molecule has 0 spiro atoms. The Hall–Kier alpha value is -1.94. The summed E-state index contributed by atoms with van der Waals surface area (Å²) in [4.78, 5) is 73.3. The lowest BCUT2D eigenvalue weighted by atomic mass is 10.0. The van der Waals surface area contributed by atoms with Gasteiger partial charge in [0.2, 0.25) is 0 Å². The Kier molecular flexibility index (Phi) is 77.3. The number of hydrogen-bond donors (Lipinski definition) is 3. The first kappa shape index (κ1) is 103. The molecule has 19 heteroatoms. The number of aliphatic hydroxyl groups excluding tert-OH is 1. The van der Waals surface area contributed by atoms with Crippen LogP contribution in [0.5, 0.6) is 0 Å². The Labute approximate surface area is 645 Å². The van der Waals surface area contributed by atoms with E-state index in [4.69, 9.17) is 37.0 Å². The molecule has 0 bridgehead atoms. The molecule has 0 aliphatic rings. The smallest absolute Gasteiger partial charge is 0.462 e. The van der Waals surface area contributed by atoms with E-state index in [1.165, 1.54) is 289 Å². The molecule has 0 amide bonds. The summed E-state index contributed by atoms with van der Waals surface area (Å²) in [7, 11) is -9.93. The summed E-state index contributed by atoms with van der Waals surface area (Å²) >= 11 is 0. The molecule has 0 aliphatic carbocycles. The molecule has 0 saturated heterocycles. The molecule has 0 heterocycles. The van der Waals surface area contributed by atoms with Crippen LogP contribution >= 0.6 is 15.6 Å². The predicted octanol–water partition coefficient (Wildman–Crippen LogP) is 26.4. The van der Waals surface area contributed by atoms with Gasteiger partial charge in [-0.25, -0.2) is 9.13 Å². The van der Waals surface area contributed by atoms with Crippen molar-refractivity contribution in [2.75, 3.05) is 39.6 Å². The fourth-order valence-electron chi connectivity index (χ4n) is 13.5. The van der Waals surface area contributed by atoms with E-state index in [1.54, 1.807) is 0 Å². The number of rotatable bonds is 86. The second-order valence-corrected chi connectivity index (χ2v) is 34.3. The van der Waals surface area contributed by atoms with E-state index in [0.717, 1.165) is 95.8 Å². The van der Waals surface area contributed by atoms with Crippen molar-refractivity contribution in [1.29, 1.82) is 0 Å². The van der Waals surface area contributed by atoms with Crippen molar-refractivity contribution in [3.05, 3.63) is 0 Å². The van der Waals surface area contributed by atoms with Crippen LogP contribution in [0.25, 0.3) is 0 Å². The average molecular weight is 1540 g/mol. The van der Waals surface area contributed by atoms with Crippen molar-refractivity contribution >= 4 is 39.5 Å². The van der Waals surface area contributed by atoms with E-state index in [0.29, 0.717) is 25.7 Å². The normalized spacial score (nSPS) is 13.8. The second-order valence-electron chi connectivity index (χ2n) is 31.4. The molecule has 0 aromatic heterocycles. The number of phosphoric ester groups is 2. The minimum Gasteiger partial charge on any atom is -0.462 e. The molecule has 0 aromatic rings. The van der Waals surface area contributed by atoms with E-state index in [1.807, 2.05) is 0 Å². The molecule has 17 nitrogen and oxygen atoms in total. The van der Waals surface area contributed by atoms with Gasteiger partial charge in [-0.1, -0.05) is 413 Å². The Bertz CT molecular complexity index is 2000. The molecular weight excluding hydrogens is 1370 g/mol. The number of carbonyl (C=O) groups is 4. The molecule has 0 fully saturated rings. The number of phosphoric acid groups is 2. The van der Waals surface area contributed by atoms with E-state index >= 15 is 0 Å². The summed E-state index contributed by atoms with van der Waals surface area (Å²) in [6, 6.07) is 0. The van der Waals surface area contributed by atoms with Crippen LogP contribution in [0.3, 0.4) is 0 Å². The highest BCUT2D eigenvalue weighted by Gasteiger charge is 2.30. The van der Waals surface area contributed by atoms with E-state index < -0.39 is 97.5 Å². The lowest BCUT2D eigenvalue weighted by molar-refractivity contribution is -0.161. The monoisotopic (exact) mass is 1540 g/mol. The number of carbonyl (C=O) groups excluding carboxylic acids is 4. The maximum absolute atomic E-state index is 13.1. The fourth-order valence-corrected chi connectivity index (χ4v) is 15.1. The van der Waals surface area contributed by atoms with Crippen molar-refractivity contribution in [1.82, 2.24) is 0 Å². The van der Waals surface area contributed by atoms with Gasteiger partial charge in [-0.15, -0.1) is 0 Å². The Morgan fingerprint density at radius 1 is 0.257 bits per heavy atom. The van der Waals surface area contributed by atoms with Crippen LogP contribution in [0.2, 0.25) is 0 Å². The number of aliphatic hydroxyl groups is 1. The largest absolute Gasteiger partial charge is 0.472 e. The van der Waals surface area contributed by atoms with Crippen molar-refractivity contribution < 1.29 is 80.2 Å². The number of ether oxygens (including phenoxy) is 4. The summed E-state index contributed by atoms with van der Waals surface area (Å²) < 4.78 is 68.9. The van der Waals surface area contributed by atoms with Gasteiger partial charge < -0.3 is 33.8 Å². The topological polar surface area (TPSA) is 237 Å². The molecule has 2 unspecified atom stereocenters. The van der Waals surface area contributed by atoms with Crippen LogP contribution in [-0.2, 0) is 65.4 Å². The molecule has 105 heavy (non-hydrogen) atoms. The van der Waals surface area contributed by atoms with Crippen LogP contribution in [0.15, 0.2) is 0 Å². The van der Waals surface area contributed by atoms with Crippen molar-refractivity contribution in [2.24, 2.45) is 5.92 Å². The average Bonchev–Trinajstić information content (AvgIpc) is 0.909. The summed E-state index contributed by atoms with van der Waals surface area (Å²) in [5, 5.41) is 10.7. The van der Waals surface area contributed by atoms with E-state index in [-0.39, 0.29) is 25.7 Å². The molecule has 624 valence electrons. The van der Waals surface area contributed by atoms with Gasteiger partial charge >= 0.3 is 39.5 Å². The third-order valence-corrected chi connectivity index (χ3v) is 22.2. The highest BCUT2D eigenvalue weighted by Crippen LogP contribution is 2.45. The first-order valence-corrected chi connectivity index (χ1v) is 47.6. The third kappa shape index (κ3) is 79.9. The van der Waals surface area contributed by atoms with E-state index in [2.05, 4.69) is 34.6 Å². The molecule has 0 rings (SSSR count). The summed E-state index contributed by atoms with van der Waals surface area (Å²) in [6.07, 6.45) is 72.0. The van der Waals surface area contributed by atoms with Crippen molar-refractivity contribution in [2.45, 2.75) is 483 Å². The molecule has 3 N–H and O–H groups in total. The zero-order valence-corrected chi connectivity index (χ0v) is 70.7. The maximum Gasteiger partial charge on any atom is 0.472 e. The molecule has 0 aromatic carbocycles. The van der Waals surface area contributed by atoms with Gasteiger partial charge in [0.25, 0.3) is 0 Å². The standard InChI is InChI=1S/C86H168O17P2/c1-6-9-12-15-18-21-24-27-29-30-31-36-40-45-50-55-60-65-70-84(89)97-76-82(103-86(91)72-67-62-57-52-47-42-37-33-32-35-39-43-48-53-58-63-68-79(4)5)78-101-105(94,95)99-74-80(87)73-98-104(92,93)100-77-81(75-96-83(88)69-64-59-54-49-44-38-26-23-20-17-14-11-8-3)102-85(90)71-66-61-56-51-46-41-34-28-25-22-19-16-13-10-7-2/h79-82,87H,6-78H2,1-5H3,(H,92,93)(H,94,95)/t80-,81+,82+/m0/s1. The lowest BCUT2D eigenvalue weighted by Gasteiger charge is -2.21. The Balaban J connectivity index is 5.26. The second kappa shape index (κ2) is 78.7. The van der Waals surface area contributed by atoms with Gasteiger partial charge in [-0.2, -0.15) is 0 Å². The van der Waals surface area contributed by atoms with Gasteiger partial charge in [0.1, 0.15) is 19.3 Å². The zero-order chi connectivity index (χ0) is 76.9. The Morgan fingerprint density at radius 2 is 0.438 bits per heavy atom. The summed E-state index contributed by atoms with van der Waals surface area (Å²) in [6.45, 7) is 7.41. The van der Waals surface area contributed by atoms with Crippen molar-refractivity contribution in [3.8, 4) is 0 Å². The first-order valence-electron chi connectivity index (χ1n) is 44.6. The minimum absolute atomic E-state index is 0.109. The summed E-state index contributed by atoms with van der Waals surface area (Å²) in [5.74, 6) is -1.29. The van der Waals surface area contributed by atoms with Crippen molar-refractivity contribution in [3.63, 3.8) is 0 Å². The molecule has 5 atom stereocenters. The van der Waals surface area contributed by atoms with E-state index in [9.17, 15) is 43.2 Å². The highest BCUT2D eigenvalue weighted by molar-refractivity contribution is 7.47. The SMILES string of the molecule is CCCCCCCCCCCCCCCCCCCCC(=O)OC[C@H](COP(=O)(O)OC[C@@H](O)COP(=O)(O)OC[C@@H](COC(=O)CCCCCCCCCCCCCCC)OC(=O)CCCCCCCCCCCCCCCCC)OC(=O)CCCCCCCCCCCCCCCCCCC(C)C. The molecule has 0 saturated carbocycles. The van der Waals surface area contributed by atoms with Gasteiger partial charge in [0.05, 0.1) is 26.4 Å². The predicted molar refractivity (Wildman–Crippen MR) is 432 cm³/mol. The van der Waals surface area contributed by atoms with Crippen LogP contribution < -0.4 is 0 Å². The molecule has 0 radical (unpaired) electrons. The van der Waals surface area contributed by atoms with Crippen LogP contribution in [0, 0.1) is 5.92 Å². The fraction of sp³-hybridized carbons (Fsp3) is 0.953. The van der Waals surface area contributed by atoms with Gasteiger partial charge in [0.15, 0.2) is 12.2 Å². The van der Waals surface area contributed by atoms with Gasteiger partial charge in [0, 0.05) is 25.7 Å². The number of hydrogen-bond acceptors (Lipinski definition) is 15. The number of esters is 4. The summed E-state index contributed by atoms with van der Waals surface area (Å²) in [5.41, 5.74) is 0. The Morgan fingerprint density at radius 3 is 0.648 bits per heavy atom. The highest BCUT2D eigenvalue weighted by atomic mass is 31.2. The van der Waals surface area contributed by atoms with Gasteiger partial charge in [-0.3, -0.25) is 37.3 Å². The van der Waals surface area contributed by atoms with Crippen LogP contribution in [0.1, 0.15) is 465 Å². The van der Waals surface area contributed by atoms with Crippen LogP contribution in [0.4, 0.5) is 0 Å². The minimum atomic E-state index is -4.97. The van der Waals surface area contributed by atoms with Crippen LogP contribution in [-0.4, -0.2) is 96.7 Å². The first-order chi connectivity index (χ1) is 51.0. The third-order valence-electron chi connectivity index (χ3n) is 20.3. The van der Waals surface area contributed by atoms with Gasteiger partial charge in [-0.05, 0) is 31.6 Å². The zero-order valence-electron chi connectivity index (χ0n) is 68.9.